The fourth-order valence-corrected chi connectivity index (χ4v) is 2.30. The summed E-state index contributed by atoms with van der Waals surface area (Å²) in [6, 6.07) is 15.2. The normalized spacial score (nSPS) is 12.0. The molecule has 1 N–H and O–H groups in total. The third kappa shape index (κ3) is 5.38. The lowest BCUT2D eigenvalue weighted by atomic mass is 10.2. The van der Waals surface area contributed by atoms with Gasteiger partial charge in [-0.2, -0.15) is 5.10 Å². The number of anilines is 1. The maximum absolute atomic E-state index is 12.0. The Balaban J connectivity index is 1.87. The number of carbonyl (C=O) groups excluding carboxylic acids is 1. The molecule has 1 atom stereocenters. The second-order valence-corrected chi connectivity index (χ2v) is 6.35. The quantitative estimate of drug-likeness (QED) is 0.608. The average Bonchev–Trinajstić information content (AvgIpc) is 2.55. The fourth-order valence-electron chi connectivity index (χ4n) is 1.92. The molecule has 2 aromatic rings. The monoisotopic (exact) mass is 389 g/mol. The minimum atomic E-state index is -0.646. The maximum Gasteiger partial charge on any atom is 0.280 e. The lowest BCUT2D eigenvalue weighted by molar-refractivity contribution is -0.127. The minimum Gasteiger partial charge on any atom is -0.481 e. The number of hydrogen-bond donors (Lipinski definition) is 1. The molecule has 0 fully saturated rings. The molecule has 0 saturated heterocycles. The Morgan fingerprint density at radius 1 is 1.25 bits per heavy atom. The molecule has 0 unspecified atom stereocenters. The maximum atomic E-state index is 12.0. The van der Waals surface area contributed by atoms with Crippen LogP contribution in [0.15, 0.2) is 58.1 Å². The Bertz CT molecular complexity index is 714. The van der Waals surface area contributed by atoms with Gasteiger partial charge in [0, 0.05) is 24.3 Å². The van der Waals surface area contributed by atoms with Gasteiger partial charge >= 0.3 is 0 Å². The van der Waals surface area contributed by atoms with Crippen LogP contribution in [-0.4, -0.2) is 32.3 Å². The molecule has 0 bridgehead atoms. The zero-order valence-corrected chi connectivity index (χ0v) is 15.4. The van der Waals surface area contributed by atoms with Crippen LogP contribution >= 0.6 is 15.9 Å². The Kier molecular flexibility index (Phi) is 6.37. The van der Waals surface area contributed by atoms with Crippen LogP contribution in [0, 0.1) is 0 Å². The first kappa shape index (κ1) is 18.0. The molecule has 5 nitrogen and oxygen atoms in total. The lowest BCUT2D eigenvalue weighted by Gasteiger charge is -2.13. The van der Waals surface area contributed by atoms with Gasteiger partial charge in [-0.1, -0.05) is 34.1 Å². The number of carbonyl (C=O) groups is 1. The lowest BCUT2D eigenvalue weighted by Crippen LogP contribution is -2.33. The van der Waals surface area contributed by atoms with Gasteiger partial charge in [0.25, 0.3) is 5.91 Å². The number of hydrogen-bond acceptors (Lipinski definition) is 4. The summed E-state index contributed by atoms with van der Waals surface area (Å²) in [7, 11) is 3.96. The van der Waals surface area contributed by atoms with E-state index in [2.05, 4.69) is 26.5 Å². The zero-order chi connectivity index (χ0) is 17.5. The Labute approximate surface area is 150 Å². The molecule has 0 spiro atoms. The highest BCUT2D eigenvalue weighted by Gasteiger charge is 2.13. The highest BCUT2D eigenvalue weighted by molar-refractivity contribution is 9.10. The molecule has 0 radical (unpaired) electrons. The highest BCUT2D eigenvalue weighted by atomic mass is 79.9. The number of ether oxygens (including phenoxy) is 1. The van der Waals surface area contributed by atoms with Crippen LogP contribution < -0.4 is 15.1 Å². The topological polar surface area (TPSA) is 53.9 Å². The van der Waals surface area contributed by atoms with E-state index in [1.165, 1.54) is 0 Å². The van der Waals surface area contributed by atoms with Crippen molar-refractivity contribution in [2.45, 2.75) is 13.0 Å². The van der Waals surface area contributed by atoms with Gasteiger partial charge in [-0.25, -0.2) is 5.43 Å². The Morgan fingerprint density at radius 2 is 1.96 bits per heavy atom. The first-order valence-electron chi connectivity index (χ1n) is 7.48. The second kappa shape index (κ2) is 8.49. The van der Waals surface area contributed by atoms with Crippen molar-refractivity contribution in [2.75, 3.05) is 19.0 Å². The summed E-state index contributed by atoms with van der Waals surface area (Å²) in [6.07, 6.45) is 0.955. The van der Waals surface area contributed by atoms with E-state index in [9.17, 15) is 4.79 Å². The highest BCUT2D eigenvalue weighted by Crippen LogP contribution is 2.18. The second-order valence-electron chi connectivity index (χ2n) is 5.44. The van der Waals surface area contributed by atoms with Gasteiger partial charge in [0.1, 0.15) is 5.75 Å². The van der Waals surface area contributed by atoms with Crippen molar-refractivity contribution in [1.29, 1.82) is 0 Å². The first-order valence-corrected chi connectivity index (χ1v) is 8.27. The van der Waals surface area contributed by atoms with E-state index in [-0.39, 0.29) is 5.91 Å². The number of amides is 1. The summed E-state index contributed by atoms with van der Waals surface area (Å²) in [5.74, 6) is 0.311. The molecule has 0 aromatic heterocycles. The predicted molar refractivity (Wildman–Crippen MR) is 101 cm³/mol. The number of rotatable bonds is 6. The number of nitrogens with zero attached hydrogens (tertiary/aromatic N) is 2. The van der Waals surface area contributed by atoms with Crippen LogP contribution in [-0.2, 0) is 4.79 Å². The molecular formula is C18H20BrN3O2. The summed E-state index contributed by atoms with van der Waals surface area (Å²) in [6.45, 7) is 1.68. The number of benzene rings is 2. The molecule has 0 heterocycles. The van der Waals surface area contributed by atoms with Crippen molar-refractivity contribution >= 4 is 33.7 Å². The van der Waals surface area contributed by atoms with Gasteiger partial charge in [0.15, 0.2) is 6.10 Å². The van der Waals surface area contributed by atoms with E-state index in [4.69, 9.17) is 4.74 Å². The summed E-state index contributed by atoms with van der Waals surface area (Å²) >= 11 is 3.36. The van der Waals surface area contributed by atoms with Gasteiger partial charge < -0.3 is 9.64 Å². The number of nitrogens with one attached hydrogen (secondary N) is 1. The van der Waals surface area contributed by atoms with Gasteiger partial charge in [-0.15, -0.1) is 0 Å². The van der Waals surface area contributed by atoms with Crippen LogP contribution in [0.25, 0.3) is 0 Å². The van der Waals surface area contributed by atoms with Gasteiger partial charge in [0.05, 0.1) is 6.21 Å². The first-order chi connectivity index (χ1) is 11.5. The third-order valence-corrected chi connectivity index (χ3v) is 3.77. The van der Waals surface area contributed by atoms with E-state index in [0.29, 0.717) is 5.75 Å². The molecule has 0 aliphatic rings. The van der Waals surface area contributed by atoms with Crippen molar-refractivity contribution in [3.8, 4) is 5.75 Å². The Morgan fingerprint density at radius 3 is 2.58 bits per heavy atom. The van der Waals surface area contributed by atoms with E-state index >= 15 is 0 Å². The molecule has 24 heavy (non-hydrogen) atoms. The van der Waals surface area contributed by atoms with Crippen LogP contribution in [0.2, 0.25) is 0 Å². The molecule has 1 amide bonds. The molecule has 2 aromatic carbocycles. The van der Waals surface area contributed by atoms with Crippen molar-refractivity contribution in [1.82, 2.24) is 5.43 Å². The van der Waals surface area contributed by atoms with Crippen molar-refractivity contribution < 1.29 is 9.53 Å². The zero-order valence-electron chi connectivity index (χ0n) is 13.9. The summed E-state index contributed by atoms with van der Waals surface area (Å²) < 4.78 is 6.48. The third-order valence-electron chi connectivity index (χ3n) is 3.28. The molecule has 0 aliphatic heterocycles. The van der Waals surface area contributed by atoms with E-state index in [1.807, 2.05) is 55.4 Å². The van der Waals surface area contributed by atoms with Crippen molar-refractivity contribution in [3.05, 3.63) is 58.6 Å². The van der Waals surface area contributed by atoms with Crippen LogP contribution in [0.1, 0.15) is 12.5 Å². The molecule has 126 valence electrons. The van der Waals surface area contributed by atoms with Crippen molar-refractivity contribution in [2.24, 2.45) is 5.10 Å². The van der Waals surface area contributed by atoms with Gasteiger partial charge in [0.2, 0.25) is 0 Å². The minimum absolute atomic E-state index is 0.309. The summed E-state index contributed by atoms with van der Waals surface area (Å²) in [5, 5.41) is 3.97. The standard InChI is InChI=1S/C18H20BrN3O2/c1-13(24-17-6-4-5-15(19)11-17)18(23)21-20-12-14-7-9-16(10-8-14)22(2)3/h4-13H,1-3H3,(H,21,23)/b20-12-/t13-/m0/s1. The summed E-state index contributed by atoms with van der Waals surface area (Å²) in [4.78, 5) is 14.0. The SMILES string of the molecule is C[C@H](Oc1cccc(Br)c1)C(=O)N/N=C\c1ccc(N(C)C)cc1. The van der Waals surface area contributed by atoms with Crippen LogP contribution in [0.4, 0.5) is 5.69 Å². The predicted octanol–water partition coefficient (Wildman–Crippen LogP) is 3.43. The molecule has 6 heteroatoms. The number of hydrazone groups is 1. The largest absolute Gasteiger partial charge is 0.481 e. The molecular weight excluding hydrogens is 370 g/mol. The number of halogens is 1. The van der Waals surface area contributed by atoms with E-state index in [0.717, 1.165) is 15.7 Å². The van der Waals surface area contributed by atoms with E-state index < -0.39 is 6.10 Å². The van der Waals surface area contributed by atoms with Gasteiger partial charge in [-0.3, -0.25) is 4.79 Å². The molecule has 0 aliphatic carbocycles. The molecule has 0 saturated carbocycles. The summed E-state index contributed by atoms with van der Waals surface area (Å²) in [5.41, 5.74) is 4.49. The molecule has 2 rings (SSSR count). The van der Waals surface area contributed by atoms with E-state index in [1.54, 1.807) is 25.3 Å². The van der Waals surface area contributed by atoms with Crippen molar-refractivity contribution in [3.63, 3.8) is 0 Å². The van der Waals surface area contributed by atoms with Crippen LogP contribution in [0.5, 0.6) is 5.75 Å². The average molecular weight is 390 g/mol. The van der Waals surface area contributed by atoms with Gasteiger partial charge in [-0.05, 0) is 42.8 Å². The Hall–Kier alpha value is -2.34. The smallest absolute Gasteiger partial charge is 0.280 e. The fraction of sp³-hybridized carbons (Fsp3) is 0.222. The van der Waals surface area contributed by atoms with Crippen LogP contribution in [0.3, 0.4) is 0 Å².